The Morgan fingerprint density at radius 3 is 2.60 bits per heavy atom. The van der Waals surface area contributed by atoms with Gasteiger partial charge in [-0.1, -0.05) is 0 Å². The number of nitrogens with zero attached hydrogens (tertiary/aromatic N) is 1. The molecule has 2 N–H and O–H groups in total. The van der Waals surface area contributed by atoms with Crippen LogP contribution in [0.4, 0.5) is 0 Å². The zero-order valence-electron chi connectivity index (χ0n) is 5.22. The lowest BCUT2D eigenvalue weighted by molar-refractivity contribution is 0.0999. The van der Waals surface area contributed by atoms with Crippen molar-refractivity contribution in [1.82, 2.24) is 4.37 Å². The van der Waals surface area contributed by atoms with E-state index in [0.29, 0.717) is 5.56 Å². The fraction of sp³-hybridized carbons (Fsp3) is 0.200. The zero-order valence-corrected chi connectivity index (χ0v) is 8.19. The SMILES string of the molecule is Cc1nsc(I)c1C(N)=O. The van der Waals surface area contributed by atoms with E-state index in [4.69, 9.17) is 5.73 Å². The summed E-state index contributed by atoms with van der Waals surface area (Å²) in [7, 11) is 0. The van der Waals surface area contributed by atoms with Crippen molar-refractivity contribution in [2.24, 2.45) is 5.73 Å². The van der Waals surface area contributed by atoms with Gasteiger partial charge in [0.25, 0.3) is 5.91 Å². The van der Waals surface area contributed by atoms with E-state index < -0.39 is 5.91 Å². The molecular weight excluding hydrogens is 263 g/mol. The maximum absolute atomic E-state index is 10.7. The van der Waals surface area contributed by atoms with E-state index in [1.165, 1.54) is 11.5 Å². The monoisotopic (exact) mass is 268 g/mol. The van der Waals surface area contributed by atoms with Crippen LogP contribution in [-0.4, -0.2) is 10.3 Å². The summed E-state index contributed by atoms with van der Waals surface area (Å²) in [4.78, 5) is 10.7. The quantitative estimate of drug-likeness (QED) is 0.777. The van der Waals surface area contributed by atoms with E-state index in [2.05, 4.69) is 27.0 Å². The first-order chi connectivity index (χ1) is 4.63. The number of primary amides is 1. The number of hydrogen-bond donors (Lipinski definition) is 1. The van der Waals surface area contributed by atoms with E-state index in [1.807, 2.05) is 0 Å². The van der Waals surface area contributed by atoms with Gasteiger partial charge in [0.1, 0.15) is 0 Å². The molecule has 0 saturated heterocycles. The first kappa shape index (κ1) is 7.93. The van der Waals surface area contributed by atoms with Gasteiger partial charge in [0.2, 0.25) is 0 Å². The van der Waals surface area contributed by atoms with Crippen molar-refractivity contribution in [3.8, 4) is 0 Å². The van der Waals surface area contributed by atoms with Gasteiger partial charge in [-0.05, 0) is 41.0 Å². The van der Waals surface area contributed by atoms with Crippen molar-refractivity contribution < 1.29 is 4.79 Å². The molecule has 0 aromatic carbocycles. The molecule has 54 valence electrons. The second-order valence-electron chi connectivity index (χ2n) is 1.78. The van der Waals surface area contributed by atoms with Crippen molar-refractivity contribution in [1.29, 1.82) is 0 Å². The van der Waals surface area contributed by atoms with Gasteiger partial charge in [0.05, 0.1) is 14.1 Å². The van der Waals surface area contributed by atoms with Crippen molar-refractivity contribution in [2.75, 3.05) is 0 Å². The molecule has 3 nitrogen and oxygen atoms in total. The fourth-order valence-electron chi connectivity index (χ4n) is 0.617. The Hall–Kier alpha value is -0.170. The van der Waals surface area contributed by atoms with Crippen molar-refractivity contribution in [3.63, 3.8) is 0 Å². The third-order valence-electron chi connectivity index (χ3n) is 1.07. The van der Waals surface area contributed by atoms with Crippen LogP contribution < -0.4 is 5.73 Å². The van der Waals surface area contributed by atoms with Crippen LogP contribution in [0, 0.1) is 9.81 Å². The van der Waals surface area contributed by atoms with Gasteiger partial charge in [-0.15, -0.1) is 0 Å². The molecule has 0 spiro atoms. The highest BCUT2D eigenvalue weighted by atomic mass is 127. The normalized spacial score (nSPS) is 9.80. The summed E-state index contributed by atoms with van der Waals surface area (Å²) in [6.45, 7) is 1.78. The summed E-state index contributed by atoms with van der Waals surface area (Å²) in [6.07, 6.45) is 0. The molecule has 1 aromatic heterocycles. The third kappa shape index (κ3) is 1.29. The van der Waals surface area contributed by atoms with Crippen LogP contribution in [0.2, 0.25) is 0 Å². The smallest absolute Gasteiger partial charge is 0.252 e. The second-order valence-corrected chi connectivity index (χ2v) is 4.37. The summed E-state index contributed by atoms with van der Waals surface area (Å²) >= 11 is 3.35. The molecule has 0 atom stereocenters. The van der Waals surface area contributed by atoms with Gasteiger partial charge in [-0.2, -0.15) is 4.37 Å². The lowest BCUT2D eigenvalue weighted by atomic mass is 10.3. The zero-order chi connectivity index (χ0) is 7.72. The summed E-state index contributed by atoms with van der Waals surface area (Å²) in [5.74, 6) is -0.393. The Bertz CT molecular complexity index is 251. The average molecular weight is 268 g/mol. The fourth-order valence-corrected chi connectivity index (χ4v) is 2.22. The molecule has 10 heavy (non-hydrogen) atoms. The molecule has 1 amide bonds. The summed E-state index contributed by atoms with van der Waals surface area (Å²) in [5.41, 5.74) is 6.37. The predicted octanol–water partition coefficient (Wildman–Crippen LogP) is 1.16. The number of rotatable bonds is 1. The predicted molar refractivity (Wildman–Crippen MR) is 48.1 cm³/mol. The lowest BCUT2D eigenvalue weighted by Crippen LogP contribution is -2.12. The molecule has 1 heterocycles. The minimum absolute atomic E-state index is 0.393. The summed E-state index contributed by atoms with van der Waals surface area (Å²) in [5, 5.41) is 0. The number of nitrogens with two attached hydrogens (primary N) is 1. The maximum atomic E-state index is 10.7. The molecule has 1 aromatic rings. The molecule has 0 unspecified atom stereocenters. The lowest BCUT2D eigenvalue weighted by Gasteiger charge is -1.89. The number of carbonyl (C=O) groups excluding carboxylic acids is 1. The van der Waals surface area contributed by atoms with Gasteiger partial charge in [-0.3, -0.25) is 4.79 Å². The summed E-state index contributed by atoms with van der Waals surface area (Å²) in [6, 6.07) is 0. The second kappa shape index (κ2) is 2.83. The first-order valence-electron chi connectivity index (χ1n) is 2.54. The van der Waals surface area contributed by atoms with E-state index in [-0.39, 0.29) is 0 Å². The van der Waals surface area contributed by atoms with Gasteiger partial charge >= 0.3 is 0 Å². The molecule has 0 radical (unpaired) electrons. The molecule has 0 aliphatic heterocycles. The Kier molecular flexibility index (Phi) is 2.24. The molecule has 0 fully saturated rings. The molecule has 0 aliphatic rings. The number of halogens is 1. The van der Waals surface area contributed by atoms with Gasteiger partial charge < -0.3 is 5.73 Å². The van der Waals surface area contributed by atoms with Crippen molar-refractivity contribution >= 4 is 40.0 Å². The highest BCUT2D eigenvalue weighted by molar-refractivity contribution is 14.1. The van der Waals surface area contributed by atoms with Crippen molar-refractivity contribution in [3.05, 3.63) is 14.1 Å². The number of hydrogen-bond acceptors (Lipinski definition) is 3. The number of aryl methyl sites for hydroxylation is 1. The van der Waals surface area contributed by atoms with Crippen molar-refractivity contribution in [2.45, 2.75) is 6.92 Å². The first-order valence-corrected chi connectivity index (χ1v) is 4.39. The van der Waals surface area contributed by atoms with Gasteiger partial charge in [-0.25, -0.2) is 0 Å². The van der Waals surface area contributed by atoms with Crippen LogP contribution in [0.3, 0.4) is 0 Å². The van der Waals surface area contributed by atoms with E-state index in [0.717, 1.165) is 8.58 Å². The highest BCUT2D eigenvalue weighted by Crippen LogP contribution is 2.19. The Morgan fingerprint density at radius 2 is 2.40 bits per heavy atom. The molecule has 5 heteroatoms. The van der Waals surface area contributed by atoms with Gasteiger partial charge in [0.15, 0.2) is 0 Å². The maximum Gasteiger partial charge on any atom is 0.252 e. The van der Waals surface area contributed by atoms with Crippen LogP contribution in [0.15, 0.2) is 0 Å². The summed E-state index contributed by atoms with van der Waals surface area (Å²) < 4.78 is 4.83. The molecule has 1 rings (SSSR count). The number of carbonyl (C=O) groups is 1. The standard InChI is InChI=1S/C5H5IN2OS/c1-2-3(5(7)9)4(6)10-8-2/h1H3,(H2,7,9). The molecule has 0 saturated carbocycles. The molecular formula is C5H5IN2OS. The topological polar surface area (TPSA) is 56.0 Å². The minimum Gasteiger partial charge on any atom is -0.365 e. The van der Waals surface area contributed by atoms with E-state index >= 15 is 0 Å². The van der Waals surface area contributed by atoms with Crippen LogP contribution in [-0.2, 0) is 0 Å². The van der Waals surface area contributed by atoms with Crippen LogP contribution in [0.5, 0.6) is 0 Å². The highest BCUT2D eigenvalue weighted by Gasteiger charge is 2.12. The third-order valence-corrected chi connectivity index (χ3v) is 2.93. The number of aromatic nitrogens is 1. The molecule has 0 aliphatic carbocycles. The van der Waals surface area contributed by atoms with Crippen LogP contribution in [0.25, 0.3) is 0 Å². The average Bonchev–Trinajstić information content (AvgIpc) is 2.11. The van der Waals surface area contributed by atoms with Gasteiger partial charge in [0, 0.05) is 0 Å². The Balaban J connectivity index is 3.23. The largest absolute Gasteiger partial charge is 0.365 e. The number of amides is 1. The minimum atomic E-state index is -0.393. The van der Waals surface area contributed by atoms with Crippen LogP contribution >= 0.6 is 34.1 Å². The van der Waals surface area contributed by atoms with E-state index in [9.17, 15) is 4.79 Å². The van der Waals surface area contributed by atoms with Crippen LogP contribution in [0.1, 0.15) is 16.1 Å². The Labute approximate surface area is 75.9 Å². The molecule has 0 bridgehead atoms. The Morgan fingerprint density at radius 1 is 1.80 bits per heavy atom. The van der Waals surface area contributed by atoms with E-state index in [1.54, 1.807) is 6.92 Å².